The maximum atomic E-state index is 11.9. The third-order valence-electron chi connectivity index (χ3n) is 2.56. The minimum atomic E-state index is -4.67. The molecule has 0 saturated carbocycles. The van der Waals surface area contributed by atoms with Gasteiger partial charge in [-0.2, -0.15) is 0 Å². The lowest BCUT2D eigenvalue weighted by molar-refractivity contribution is -0.274. The number of nitrogens with one attached hydrogen (secondary N) is 1. The lowest BCUT2D eigenvalue weighted by atomic mass is 9.98. The lowest BCUT2D eigenvalue weighted by Gasteiger charge is -2.11. The summed E-state index contributed by atoms with van der Waals surface area (Å²) >= 11 is 0. The molecule has 2 rings (SSSR count). The van der Waals surface area contributed by atoms with Gasteiger partial charge in [-0.25, -0.2) is 0 Å². The van der Waals surface area contributed by atoms with E-state index >= 15 is 0 Å². The van der Waals surface area contributed by atoms with Gasteiger partial charge in [-0.3, -0.25) is 4.79 Å². The van der Waals surface area contributed by atoms with Crippen molar-refractivity contribution in [1.29, 1.82) is 0 Å². The minimum absolute atomic E-state index is 0.0300. The lowest BCUT2D eigenvalue weighted by Crippen LogP contribution is -2.17. The Morgan fingerprint density at radius 1 is 1.24 bits per heavy atom. The number of ether oxygens (including phenoxy) is 1. The average Bonchev–Trinajstić information content (AvgIpc) is 2.63. The van der Waals surface area contributed by atoms with Crippen molar-refractivity contribution in [2.75, 3.05) is 6.54 Å². The number of amides is 1. The van der Waals surface area contributed by atoms with E-state index in [1.807, 2.05) is 0 Å². The maximum absolute atomic E-state index is 11.9. The standard InChI is InChI=1S/C11H10F3NO2/c12-11(13,14)17-9-3-1-7(2-4-9)8-5-10(16)15-6-8/h1-4,8H,5-6H2,(H,15,16). The molecule has 1 aliphatic rings. The molecular formula is C11H10F3NO2. The first-order valence-corrected chi connectivity index (χ1v) is 5.06. The topological polar surface area (TPSA) is 38.3 Å². The number of carbonyl (C=O) groups excluding carboxylic acids is 1. The molecule has 92 valence electrons. The van der Waals surface area contributed by atoms with Crippen LogP contribution in [-0.2, 0) is 4.79 Å². The molecule has 1 atom stereocenters. The van der Waals surface area contributed by atoms with Gasteiger partial charge in [0.05, 0.1) is 0 Å². The normalized spacial score (nSPS) is 20.2. The van der Waals surface area contributed by atoms with Crippen LogP contribution in [0.4, 0.5) is 13.2 Å². The van der Waals surface area contributed by atoms with Gasteiger partial charge in [0.15, 0.2) is 0 Å². The van der Waals surface area contributed by atoms with E-state index in [2.05, 4.69) is 10.1 Å². The molecule has 6 heteroatoms. The van der Waals surface area contributed by atoms with Crippen molar-refractivity contribution in [3.63, 3.8) is 0 Å². The Hall–Kier alpha value is -1.72. The number of benzene rings is 1. The van der Waals surface area contributed by atoms with E-state index in [0.29, 0.717) is 13.0 Å². The van der Waals surface area contributed by atoms with E-state index in [0.717, 1.165) is 5.56 Å². The fraction of sp³-hybridized carbons (Fsp3) is 0.364. The van der Waals surface area contributed by atoms with Gasteiger partial charge in [0.25, 0.3) is 0 Å². The van der Waals surface area contributed by atoms with Crippen LogP contribution in [0.1, 0.15) is 17.9 Å². The Morgan fingerprint density at radius 3 is 2.35 bits per heavy atom. The van der Waals surface area contributed by atoms with Crippen LogP contribution >= 0.6 is 0 Å². The third-order valence-corrected chi connectivity index (χ3v) is 2.56. The zero-order valence-electron chi connectivity index (χ0n) is 8.75. The van der Waals surface area contributed by atoms with Crippen LogP contribution in [0.3, 0.4) is 0 Å². The summed E-state index contributed by atoms with van der Waals surface area (Å²) in [5.41, 5.74) is 0.831. The second-order valence-electron chi connectivity index (χ2n) is 3.82. The Balaban J connectivity index is 2.05. The van der Waals surface area contributed by atoms with Crippen LogP contribution < -0.4 is 10.1 Å². The summed E-state index contributed by atoms with van der Waals surface area (Å²) in [6.07, 6.45) is -4.30. The number of alkyl halides is 3. The van der Waals surface area contributed by atoms with Gasteiger partial charge in [-0.1, -0.05) is 12.1 Å². The van der Waals surface area contributed by atoms with Crippen LogP contribution in [-0.4, -0.2) is 18.8 Å². The van der Waals surface area contributed by atoms with Gasteiger partial charge in [0, 0.05) is 18.9 Å². The monoisotopic (exact) mass is 245 g/mol. The minimum Gasteiger partial charge on any atom is -0.406 e. The fourth-order valence-corrected chi connectivity index (χ4v) is 1.78. The largest absolute Gasteiger partial charge is 0.573 e. The van der Waals surface area contributed by atoms with Crippen LogP contribution in [0, 0.1) is 0 Å². The molecule has 1 fully saturated rings. The molecule has 3 nitrogen and oxygen atoms in total. The molecule has 1 heterocycles. The first-order chi connectivity index (χ1) is 7.94. The Labute approximate surface area is 95.6 Å². The van der Waals surface area contributed by atoms with Crippen LogP contribution in [0.25, 0.3) is 0 Å². The molecule has 1 aliphatic heterocycles. The summed E-state index contributed by atoms with van der Waals surface area (Å²) in [5, 5.41) is 2.67. The van der Waals surface area contributed by atoms with Gasteiger partial charge >= 0.3 is 6.36 Å². The summed E-state index contributed by atoms with van der Waals surface area (Å²) in [6, 6.07) is 5.61. The Morgan fingerprint density at radius 2 is 1.88 bits per heavy atom. The molecule has 17 heavy (non-hydrogen) atoms. The molecule has 0 spiro atoms. The summed E-state index contributed by atoms with van der Waals surface area (Å²) in [5.74, 6) is -0.258. The van der Waals surface area contributed by atoms with Gasteiger partial charge in [0.2, 0.25) is 5.91 Å². The first kappa shape index (κ1) is 11.8. The summed E-state index contributed by atoms with van der Waals surface area (Å²) in [6.45, 7) is 0.526. The highest BCUT2D eigenvalue weighted by Gasteiger charge is 2.31. The molecule has 1 saturated heterocycles. The number of carbonyl (C=O) groups is 1. The van der Waals surface area contributed by atoms with Crippen LogP contribution in [0.5, 0.6) is 5.75 Å². The number of halogens is 3. The number of hydrogen-bond acceptors (Lipinski definition) is 2. The van der Waals surface area contributed by atoms with E-state index in [1.165, 1.54) is 12.1 Å². The Bertz CT molecular complexity index is 414. The molecular weight excluding hydrogens is 235 g/mol. The maximum Gasteiger partial charge on any atom is 0.573 e. The van der Waals surface area contributed by atoms with Crippen molar-refractivity contribution < 1.29 is 22.7 Å². The second kappa shape index (κ2) is 4.27. The highest BCUT2D eigenvalue weighted by molar-refractivity contribution is 5.79. The van der Waals surface area contributed by atoms with E-state index in [9.17, 15) is 18.0 Å². The summed E-state index contributed by atoms with van der Waals surface area (Å²) in [4.78, 5) is 11.0. The van der Waals surface area contributed by atoms with Crippen molar-refractivity contribution in [1.82, 2.24) is 5.32 Å². The molecule has 1 aromatic carbocycles. The SMILES string of the molecule is O=C1CC(c2ccc(OC(F)(F)F)cc2)CN1. The van der Waals surface area contributed by atoms with Crippen molar-refractivity contribution in [2.24, 2.45) is 0 Å². The van der Waals surface area contributed by atoms with Crippen LogP contribution in [0.2, 0.25) is 0 Å². The molecule has 1 amide bonds. The highest BCUT2D eigenvalue weighted by Crippen LogP contribution is 2.27. The van der Waals surface area contributed by atoms with Crippen LogP contribution in [0.15, 0.2) is 24.3 Å². The fourth-order valence-electron chi connectivity index (χ4n) is 1.78. The first-order valence-electron chi connectivity index (χ1n) is 5.06. The molecule has 0 aromatic heterocycles. The Kier molecular flexibility index (Phi) is 2.95. The quantitative estimate of drug-likeness (QED) is 0.867. The van der Waals surface area contributed by atoms with E-state index in [4.69, 9.17) is 0 Å². The van der Waals surface area contributed by atoms with Crippen molar-refractivity contribution in [3.05, 3.63) is 29.8 Å². The van der Waals surface area contributed by atoms with Gasteiger partial charge in [-0.15, -0.1) is 13.2 Å². The summed E-state index contributed by atoms with van der Waals surface area (Å²) < 4.78 is 39.5. The number of hydrogen-bond donors (Lipinski definition) is 1. The van der Waals surface area contributed by atoms with Gasteiger partial charge in [-0.05, 0) is 17.7 Å². The zero-order chi connectivity index (χ0) is 12.5. The molecule has 1 N–H and O–H groups in total. The molecule has 0 bridgehead atoms. The average molecular weight is 245 g/mol. The predicted molar refractivity (Wildman–Crippen MR) is 53.5 cm³/mol. The van der Waals surface area contributed by atoms with Gasteiger partial charge in [0.1, 0.15) is 5.75 Å². The van der Waals surface area contributed by atoms with E-state index in [1.54, 1.807) is 12.1 Å². The highest BCUT2D eigenvalue weighted by atomic mass is 19.4. The number of rotatable bonds is 2. The van der Waals surface area contributed by atoms with Gasteiger partial charge < -0.3 is 10.1 Å². The van der Waals surface area contributed by atoms with E-state index in [-0.39, 0.29) is 17.6 Å². The summed E-state index contributed by atoms with van der Waals surface area (Å²) in [7, 11) is 0. The molecule has 0 aliphatic carbocycles. The molecule has 1 aromatic rings. The predicted octanol–water partition coefficient (Wildman–Crippen LogP) is 2.19. The second-order valence-corrected chi connectivity index (χ2v) is 3.82. The van der Waals surface area contributed by atoms with Crippen molar-refractivity contribution in [2.45, 2.75) is 18.7 Å². The third kappa shape index (κ3) is 3.12. The molecule has 0 radical (unpaired) electrons. The van der Waals surface area contributed by atoms with E-state index < -0.39 is 6.36 Å². The molecule has 1 unspecified atom stereocenters. The van der Waals surface area contributed by atoms with Crippen molar-refractivity contribution >= 4 is 5.91 Å². The zero-order valence-corrected chi connectivity index (χ0v) is 8.75. The smallest absolute Gasteiger partial charge is 0.406 e. The van der Waals surface area contributed by atoms with Crippen molar-refractivity contribution in [3.8, 4) is 5.75 Å².